The van der Waals surface area contributed by atoms with Crippen LogP contribution in [-0.2, 0) is 0 Å². The normalized spacial score (nSPS) is 10.3. The summed E-state index contributed by atoms with van der Waals surface area (Å²) in [7, 11) is 1.57. The molecular formula is C19H23NO3. The van der Waals surface area contributed by atoms with Crippen LogP contribution in [0.1, 0.15) is 34.8 Å². The van der Waals surface area contributed by atoms with E-state index < -0.39 is 0 Å². The second kappa shape index (κ2) is 7.68. The van der Waals surface area contributed by atoms with E-state index in [1.807, 2.05) is 32.9 Å². The third-order valence-corrected chi connectivity index (χ3v) is 3.37. The standard InChI is InChI=1S/C19H23NO3/c1-5-8-23-17-7-6-15(12-18(17)22-4)19(21)20-16-10-13(2)9-14(3)11-16/h6-7,9-12H,5,8H2,1-4H3,(H,20,21). The lowest BCUT2D eigenvalue weighted by molar-refractivity contribution is 0.102. The summed E-state index contributed by atoms with van der Waals surface area (Å²) in [5.74, 6) is 1.04. The Morgan fingerprint density at radius 1 is 1.04 bits per heavy atom. The van der Waals surface area contributed by atoms with E-state index in [4.69, 9.17) is 9.47 Å². The molecule has 0 aliphatic carbocycles. The molecule has 0 aliphatic rings. The Kier molecular flexibility index (Phi) is 5.63. The average molecular weight is 313 g/mol. The van der Waals surface area contributed by atoms with Crippen LogP contribution in [0.2, 0.25) is 0 Å². The Balaban J connectivity index is 2.18. The van der Waals surface area contributed by atoms with Gasteiger partial charge in [0.2, 0.25) is 0 Å². The number of amides is 1. The van der Waals surface area contributed by atoms with Crippen LogP contribution in [0.4, 0.5) is 5.69 Å². The van der Waals surface area contributed by atoms with Crippen LogP contribution in [0.5, 0.6) is 11.5 Å². The second-order valence-corrected chi connectivity index (χ2v) is 5.54. The summed E-state index contributed by atoms with van der Waals surface area (Å²) in [6.45, 7) is 6.67. The molecule has 0 saturated heterocycles. The maximum Gasteiger partial charge on any atom is 0.255 e. The summed E-state index contributed by atoms with van der Waals surface area (Å²) >= 11 is 0. The van der Waals surface area contributed by atoms with Gasteiger partial charge in [-0.25, -0.2) is 0 Å². The van der Waals surface area contributed by atoms with Gasteiger partial charge in [0.25, 0.3) is 5.91 Å². The van der Waals surface area contributed by atoms with Crippen LogP contribution in [0.3, 0.4) is 0 Å². The Hall–Kier alpha value is -2.49. The molecule has 4 heteroatoms. The highest BCUT2D eigenvalue weighted by Crippen LogP contribution is 2.28. The third-order valence-electron chi connectivity index (χ3n) is 3.37. The largest absolute Gasteiger partial charge is 0.493 e. The van der Waals surface area contributed by atoms with Gasteiger partial charge in [-0.15, -0.1) is 0 Å². The smallest absolute Gasteiger partial charge is 0.255 e. The van der Waals surface area contributed by atoms with Crippen LogP contribution < -0.4 is 14.8 Å². The van der Waals surface area contributed by atoms with Crippen LogP contribution in [0.25, 0.3) is 0 Å². The quantitative estimate of drug-likeness (QED) is 0.862. The van der Waals surface area contributed by atoms with Gasteiger partial charge in [0.1, 0.15) is 0 Å². The van der Waals surface area contributed by atoms with Gasteiger partial charge in [-0.3, -0.25) is 4.79 Å². The molecule has 0 spiro atoms. The molecule has 4 nitrogen and oxygen atoms in total. The SMILES string of the molecule is CCCOc1ccc(C(=O)Nc2cc(C)cc(C)c2)cc1OC. The second-order valence-electron chi connectivity index (χ2n) is 5.54. The van der Waals surface area contributed by atoms with Crippen molar-refractivity contribution >= 4 is 11.6 Å². The van der Waals surface area contributed by atoms with Crippen LogP contribution in [0, 0.1) is 13.8 Å². The highest BCUT2D eigenvalue weighted by Gasteiger charge is 2.11. The predicted octanol–water partition coefficient (Wildman–Crippen LogP) is 4.35. The van der Waals surface area contributed by atoms with E-state index in [9.17, 15) is 4.79 Å². The fraction of sp³-hybridized carbons (Fsp3) is 0.316. The van der Waals surface area contributed by atoms with E-state index in [0.29, 0.717) is 23.7 Å². The number of ether oxygens (including phenoxy) is 2. The molecule has 1 N–H and O–H groups in total. The van der Waals surface area contributed by atoms with Crippen LogP contribution in [0.15, 0.2) is 36.4 Å². The summed E-state index contributed by atoms with van der Waals surface area (Å²) in [6.07, 6.45) is 0.915. The Morgan fingerprint density at radius 3 is 2.35 bits per heavy atom. The molecule has 1 amide bonds. The Morgan fingerprint density at radius 2 is 1.74 bits per heavy atom. The number of hydrogen-bond donors (Lipinski definition) is 1. The highest BCUT2D eigenvalue weighted by molar-refractivity contribution is 6.04. The zero-order valence-electron chi connectivity index (χ0n) is 14.1. The maximum atomic E-state index is 12.4. The number of aryl methyl sites for hydroxylation is 2. The minimum atomic E-state index is -0.171. The average Bonchev–Trinajstić information content (AvgIpc) is 2.51. The first-order chi connectivity index (χ1) is 11.0. The molecule has 2 aromatic rings. The topological polar surface area (TPSA) is 47.6 Å². The number of hydrogen-bond acceptors (Lipinski definition) is 3. The van der Waals surface area contributed by atoms with Crippen LogP contribution >= 0.6 is 0 Å². The van der Waals surface area contributed by atoms with E-state index in [2.05, 4.69) is 11.4 Å². The third kappa shape index (κ3) is 4.49. The lowest BCUT2D eigenvalue weighted by atomic mass is 10.1. The minimum absolute atomic E-state index is 0.171. The molecule has 0 heterocycles. The first-order valence-corrected chi connectivity index (χ1v) is 7.74. The lowest BCUT2D eigenvalue weighted by Gasteiger charge is -2.12. The molecule has 0 fully saturated rings. The van der Waals surface area contributed by atoms with Gasteiger partial charge >= 0.3 is 0 Å². The fourth-order valence-corrected chi connectivity index (χ4v) is 2.39. The van der Waals surface area contributed by atoms with E-state index in [1.54, 1.807) is 25.3 Å². The van der Waals surface area contributed by atoms with Gasteiger partial charge in [-0.2, -0.15) is 0 Å². The van der Waals surface area contributed by atoms with Crippen molar-refractivity contribution in [3.8, 4) is 11.5 Å². The molecule has 2 rings (SSSR count). The first kappa shape index (κ1) is 16.9. The number of nitrogens with one attached hydrogen (secondary N) is 1. The summed E-state index contributed by atoms with van der Waals surface area (Å²) in [5, 5.41) is 2.92. The molecule has 0 aromatic heterocycles. The molecule has 0 bridgehead atoms. The molecule has 0 unspecified atom stereocenters. The van der Waals surface area contributed by atoms with E-state index in [1.165, 1.54) is 0 Å². The Bertz CT molecular complexity index is 675. The molecule has 0 radical (unpaired) electrons. The van der Waals surface area contributed by atoms with Gasteiger partial charge in [-0.1, -0.05) is 13.0 Å². The zero-order chi connectivity index (χ0) is 16.8. The predicted molar refractivity (Wildman–Crippen MR) is 92.6 cm³/mol. The number of methoxy groups -OCH3 is 1. The van der Waals surface area contributed by atoms with Crippen molar-refractivity contribution in [1.82, 2.24) is 0 Å². The van der Waals surface area contributed by atoms with Crippen molar-refractivity contribution in [2.75, 3.05) is 19.0 Å². The number of carbonyl (C=O) groups is 1. The van der Waals surface area contributed by atoms with Crippen molar-refractivity contribution < 1.29 is 14.3 Å². The molecule has 0 aliphatic heterocycles. The van der Waals surface area contributed by atoms with Gasteiger partial charge in [0.15, 0.2) is 11.5 Å². The van der Waals surface area contributed by atoms with Gasteiger partial charge in [0, 0.05) is 11.3 Å². The molecule has 122 valence electrons. The summed E-state index contributed by atoms with van der Waals surface area (Å²) in [5.41, 5.74) is 3.55. The zero-order valence-corrected chi connectivity index (χ0v) is 14.1. The molecule has 23 heavy (non-hydrogen) atoms. The molecule has 0 atom stereocenters. The van der Waals surface area contributed by atoms with Crippen molar-refractivity contribution in [2.45, 2.75) is 27.2 Å². The molecular weight excluding hydrogens is 290 g/mol. The van der Waals surface area contributed by atoms with Crippen molar-refractivity contribution in [2.24, 2.45) is 0 Å². The van der Waals surface area contributed by atoms with Crippen molar-refractivity contribution in [3.63, 3.8) is 0 Å². The summed E-state index contributed by atoms with van der Waals surface area (Å²) in [6, 6.07) is 11.2. The van der Waals surface area contributed by atoms with Gasteiger partial charge < -0.3 is 14.8 Å². The molecule has 0 saturated carbocycles. The number of anilines is 1. The first-order valence-electron chi connectivity index (χ1n) is 7.74. The maximum absolute atomic E-state index is 12.4. The number of rotatable bonds is 6. The lowest BCUT2D eigenvalue weighted by Crippen LogP contribution is -2.12. The summed E-state index contributed by atoms with van der Waals surface area (Å²) < 4.78 is 10.9. The summed E-state index contributed by atoms with van der Waals surface area (Å²) in [4.78, 5) is 12.4. The van der Waals surface area contributed by atoms with Crippen molar-refractivity contribution in [3.05, 3.63) is 53.1 Å². The molecule has 2 aromatic carbocycles. The number of carbonyl (C=O) groups excluding carboxylic acids is 1. The van der Waals surface area contributed by atoms with Crippen molar-refractivity contribution in [1.29, 1.82) is 0 Å². The van der Waals surface area contributed by atoms with E-state index >= 15 is 0 Å². The van der Waals surface area contributed by atoms with Gasteiger partial charge in [-0.05, 0) is 61.7 Å². The fourth-order valence-electron chi connectivity index (χ4n) is 2.39. The minimum Gasteiger partial charge on any atom is -0.493 e. The van der Waals surface area contributed by atoms with Gasteiger partial charge in [0.05, 0.1) is 13.7 Å². The van der Waals surface area contributed by atoms with E-state index in [-0.39, 0.29) is 5.91 Å². The van der Waals surface area contributed by atoms with Crippen LogP contribution in [-0.4, -0.2) is 19.6 Å². The number of benzene rings is 2. The monoisotopic (exact) mass is 313 g/mol. The van der Waals surface area contributed by atoms with E-state index in [0.717, 1.165) is 23.2 Å². The highest BCUT2D eigenvalue weighted by atomic mass is 16.5. The Labute approximate surface area is 137 Å².